The molecule has 20 heavy (non-hydrogen) atoms. The van der Waals surface area contributed by atoms with Crippen LogP contribution in [0.1, 0.15) is 38.5 Å². The van der Waals surface area contributed by atoms with E-state index in [0.29, 0.717) is 22.9 Å². The molecule has 0 spiro atoms. The van der Waals surface area contributed by atoms with Gasteiger partial charge < -0.3 is 10.1 Å². The highest BCUT2D eigenvalue weighted by Gasteiger charge is 2.12. The molecule has 0 amide bonds. The number of rotatable bonds is 6. The van der Waals surface area contributed by atoms with E-state index in [1.165, 1.54) is 44.2 Å². The Bertz CT molecular complexity index is 438. The van der Waals surface area contributed by atoms with Crippen molar-refractivity contribution in [1.82, 2.24) is 5.32 Å². The van der Waals surface area contributed by atoms with Gasteiger partial charge in [0.1, 0.15) is 11.6 Å². The maximum absolute atomic E-state index is 13.3. The molecule has 0 saturated heterocycles. The van der Waals surface area contributed by atoms with Crippen molar-refractivity contribution in [3.63, 3.8) is 0 Å². The molecule has 1 fully saturated rings. The fraction of sp³-hybridized carbons (Fsp3) is 0.600. The highest BCUT2D eigenvalue weighted by atomic mass is 79.9. The van der Waals surface area contributed by atoms with E-state index in [1.807, 2.05) is 0 Å². The van der Waals surface area contributed by atoms with Crippen LogP contribution in [0.3, 0.4) is 0 Å². The van der Waals surface area contributed by atoms with Gasteiger partial charge in [-0.05, 0) is 47.8 Å². The van der Waals surface area contributed by atoms with Gasteiger partial charge in [-0.15, -0.1) is 0 Å². The summed E-state index contributed by atoms with van der Waals surface area (Å²) in [6, 6.07) is 3.51. The van der Waals surface area contributed by atoms with Gasteiger partial charge in [0.25, 0.3) is 0 Å². The summed E-state index contributed by atoms with van der Waals surface area (Å²) in [6.07, 6.45) is 7.53. The molecule has 1 aromatic rings. The molecule has 0 unspecified atom stereocenters. The van der Waals surface area contributed by atoms with E-state index in [0.717, 1.165) is 13.0 Å². The quantitative estimate of drug-likeness (QED) is 0.570. The van der Waals surface area contributed by atoms with Gasteiger partial charge in [-0.3, -0.25) is 0 Å². The zero-order valence-electron chi connectivity index (χ0n) is 11.4. The second-order valence-electron chi connectivity index (χ2n) is 5.19. The van der Waals surface area contributed by atoms with Crippen LogP contribution >= 0.6 is 27.5 Å². The monoisotopic (exact) mass is 363 g/mol. The van der Waals surface area contributed by atoms with Crippen LogP contribution in [0.15, 0.2) is 16.6 Å². The first-order chi connectivity index (χ1) is 9.66. The average molecular weight is 365 g/mol. The number of benzene rings is 1. The smallest absolute Gasteiger partial charge is 0.145 e. The molecule has 2 nitrogen and oxygen atoms in total. The SMILES string of the molecule is Fc1cc(OCCCNC2CCCCC2)c(Br)cc1Cl. The number of nitrogens with one attached hydrogen (secondary N) is 1. The van der Waals surface area contributed by atoms with Crippen LogP contribution < -0.4 is 10.1 Å². The third-order valence-corrected chi connectivity index (χ3v) is 4.50. The molecule has 0 atom stereocenters. The Morgan fingerprint density at radius 1 is 1.30 bits per heavy atom. The molecule has 1 N–H and O–H groups in total. The number of ether oxygens (including phenoxy) is 1. The zero-order valence-corrected chi connectivity index (χ0v) is 13.8. The fourth-order valence-electron chi connectivity index (χ4n) is 2.48. The van der Waals surface area contributed by atoms with Gasteiger partial charge in [-0.25, -0.2) is 4.39 Å². The third kappa shape index (κ3) is 4.90. The Morgan fingerprint density at radius 2 is 2.05 bits per heavy atom. The lowest BCUT2D eigenvalue weighted by Crippen LogP contribution is -2.32. The molecule has 5 heteroatoms. The van der Waals surface area contributed by atoms with Crippen LogP contribution in [0.2, 0.25) is 5.02 Å². The minimum atomic E-state index is -0.454. The van der Waals surface area contributed by atoms with Gasteiger partial charge in [-0.1, -0.05) is 30.9 Å². The van der Waals surface area contributed by atoms with Crippen molar-refractivity contribution in [2.75, 3.05) is 13.2 Å². The van der Waals surface area contributed by atoms with Crippen molar-refractivity contribution in [2.24, 2.45) is 0 Å². The maximum Gasteiger partial charge on any atom is 0.145 e. The van der Waals surface area contributed by atoms with Gasteiger partial charge in [-0.2, -0.15) is 0 Å². The Balaban J connectivity index is 1.66. The van der Waals surface area contributed by atoms with Crippen molar-refractivity contribution < 1.29 is 9.13 Å². The Hall–Kier alpha value is -0.320. The molecule has 0 aliphatic heterocycles. The van der Waals surface area contributed by atoms with Crippen LogP contribution in [0.4, 0.5) is 4.39 Å². The van der Waals surface area contributed by atoms with Gasteiger partial charge in [0.15, 0.2) is 0 Å². The van der Waals surface area contributed by atoms with Crippen molar-refractivity contribution in [1.29, 1.82) is 0 Å². The molecule has 0 aromatic heterocycles. The molecule has 0 heterocycles. The van der Waals surface area contributed by atoms with E-state index in [2.05, 4.69) is 21.2 Å². The van der Waals surface area contributed by atoms with E-state index in [4.69, 9.17) is 16.3 Å². The average Bonchev–Trinajstić information content (AvgIpc) is 2.45. The first-order valence-electron chi connectivity index (χ1n) is 7.17. The highest BCUT2D eigenvalue weighted by molar-refractivity contribution is 9.10. The molecule has 112 valence electrons. The Morgan fingerprint density at radius 3 is 2.80 bits per heavy atom. The molecule has 1 aliphatic rings. The lowest BCUT2D eigenvalue weighted by Gasteiger charge is -2.22. The topological polar surface area (TPSA) is 21.3 Å². The normalized spacial score (nSPS) is 16.4. The van der Waals surface area contributed by atoms with Crippen molar-refractivity contribution >= 4 is 27.5 Å². The molecule has 0 bridgehead atoms. The van der Waals surface area contributed by atoms with Crippen molar-refractivity contribution in [2.45, 2.75) is 44.6 Å². The van der Waals surface area contributed by atoms with E-state index in [-0.39, 0.29) is 5.02 Å². The zero-order chi connectivity index (χ0) is 14.4. The maximum atomic E-state index is 13.3. The molecule has 0 radical (unpaired) electrons. The second kappa shape index (κ2) is 8.20. The lowest BCUT2D eigenvalue weighted by molar-refractivity contribution is 0.294. The molecule has 1 saturated carbocycles. The van der Waals surface area contributed by atoms with Crippen LogP contribution in [-0.2, 0) is 0 Å². The summed E-state index contributed by atoms with van der Waals surface area (Å²) in [5.74, 6) is 0.0507. The van der Waals surface area contributed by atoms with Crippen LogP contribution in [0.5, 0.6) is 5.75 Å². The summed E-state index contributed by atoms with van der Waals surface area (Å²) < 4.78 is 19.6. The lowest BCUT2D eigenvalue weighted by atomic mass is 9.95. The third-order valence-electron chi connectivity index (χ3n) is 3.59. The predicted octanol–water partition coefficient (Wildman–Crippen LogP) is 4.93. The minimum absolute atomic E-state index is 0.100. The fourth-order valence-corrected chi connectivity index (χ4v) is 3.24. The van der Waals surface area contributed by atoms with Gasteiger partial charge in [0.2, 0.25) is 0 Å². The standard InChI is InChI=1S/C15H20BrClFNO/c16-12-9-13(17)14(18)10-15(12)20-8-4-7-19-11-5-2-1-3-6-11/h9-11,19H,1-8H2. The Labute approximate surface area is 133 Å². The van der Waals surface area contributed by atoms with Crippen LogP contribution in [0, 0.1) is 5.82 Å². The van der Waals surface area contributed by atoms with E-state index < -0.39 is 5.82 Å². The number of hydrogen-bond acceptors (Lipinski definition) is 2. The van der Waals surface area contributed by atoms with Gasteiger partial charge >= 0.3 is 0 Å². The van der Waals surface area contributed by atoms with Gasteiger partial charge in [0.05, 0.1) is 16.1 Å². The summed E-state index contributed by atoms with van der Waals surface area (Å²) in [7, 11) is 0. The summed E-state index contributed by atoms with van der Waals surface area (Å²) in [5, 5.41) is 3.66. The summed E-state index contributed by atoms with van der Waals surface area (Å²) >= 11 is 9.01. The predicted molar refractivity (Wildman–Crippen MR) is 84.1 cm³/mol. The second-order valence-corrected chi connectivity index (χ2v) is 6.45. The highest BCUT2D eigenvalue weighted by Crippen LogP contribution is 2.30. The molecular weight excluding hydrogens is 345 g/mol. The van der Waals surface area contributed by atoms with Crippen LogP contribution in [-0.4, -0.2) is 19.2 Å². The van der Waals surface area contributed by atoms with Crippen molar-refractivity contribution in [3.05, 3.63) is 27.4 Å². The molecular formula is C15H20BrClFNO. The molecule has 1 aliphatic carbocycles. The van der Waals surface area contributed by atoms with Crippen molar-refractivity contribution in [3.8, 4) is 5.75 Å². The Kier molecular flexibility index (Phi) is 6.59. The van der Waals surface area contributed by atoms with Gasteiger partial charge in [0, 0.05) is 12.1 Å². The molecule has 2 rings (SSSR count). The van der Waals surface area contributed by atoms with Crippen LogP contribution in [0.25, 0.3) is 0 Å². The van der Waals surface area contributed by atoms with E-state index >= 15 is 0 Å². The molecule has 1 aromatic carbocycles. The minimum Gasteiger partial charge on any atom is -0.492 e. The number of halogens is 3. The van der Waals surface area contributed by atoms with E-state index in [1.54, 1.807) is 0 Å². The summed E-state index contributed by atoms with van der Waals surface area (Å²) in [6.45, 7) is 1.51. The first kappa shape index (κ1) is 16.1. The van der Waals surface area contributed by atoms with E-state index in [9.17, 15) is 4.39 Å². The summed E-state index contributed by atoms with van der Waals surface area (Å²) in [4.78, 5) is 0. The first-order valence-corrected chi connectivity index (χ1v) is 8.34. The largest absolute Gasteiger partial charge is 0.492 e. The number of hydrogen-bond donors (Lipinski definition) is 1. The summed E-state index contributed by atoms with van der Waals surface area (Å²) in [5.41, 5.74) is 0.